The molecule has 0 aliphatic heterocycles. The molecule has 0 saturated carbocycles. The van der Waals surface area contributed by atoms with Crippen LogP contribution < -0.4 is 0 Å². The Morgan fingerprint density at radius 1 is 0.793 bits per heavy atom. The highest BCUT2D eigenvalue weighted by atomic mass is 15.1. The molecule has 6 heteroatoms. The van der Waals surface area contributed by atoms with E-state index in [9.17, 15) is 0 Å². The molecule has 0 bridgehead atoms. The molecule has 0 saturated heterocycles. The summed E-state index contributed by atoms with van der Waals surface area (Å²) in [7, 11) is 0. The van der Waals surface area contributed by atoms with Gasteiger partial charge < -0.3 is 4.57 Å². The first-order chi connectivity index (χ1) is 14.3. The van der Waals surface area contributed by atoms with Crippen LogP contribution in [0.2, 0.25) is 0 Å². The van der Waals surface area contributed by atoms with Gasteiger partial charge in [-0.1, -0.05) is 18.2 Å². The quantitative estimate of drug-likeness (QED) is 0.466. The number of nitrogens with zero attached hydrogens (tertiary/aromatic N) is 6. The summed E-state index contributed by atoms with van der Waals surface area (Å²) in [6.45, 7) is 2.83. The van der Waals surface area contributed by atoms with E-state index in [1.165, 1.54) is 11.1 Å². The fourth-order valence-electron chi connectivity index (χ4n) is 3.47. The maximum absolute atomic E-state index is 4.55. The Kier molecular flexibility index (Phi) is 4.29. The Balaban J connectivity index is 1.50. The molecule has 0 aliphatic carbocycles. The molecule has 6 nitrogen and oxygen atoms in total. The summed E-state index contributed by atoms with van der Waals surface area (Å²) < 4.78 is 2.12. The first kappa shape index (κ1) is 17.2. The maximum Gasteiger partial charge on any atom is 0.178 e. The van der Waals surface area contributed by atoms with Crippen molar-refractivity contribution in [1.82, 2.24) is 29.5 Å². The van der Waals surface area contributed by atoms with E-state index >= 15 is 0 Å². The summed E-state index contributed by atoms with van der Waals surface area (Å²) in [6.07, 6.45) is 10.9. The van der Waals surface area contributed by atoms with Gasteiger partial charge in [0.1, 0.15) is 11.5 Å². The lowest BCUT2D eigenvalue weighted by Crippen LogP contribution is -2.04. The molecule has 0 spiro atoms. The van der Waals surface area contributed by atoms with Gasteiger partial charge in [-0.15, -0.1) is 0 Å². The van der Waals surface area contributed by atoms with E-state index in [1.54, 1.807) is 24.8 Å². The second kappa shape index (κ2) is 7.24. The summed E-state index contributed by atoms with van der Waals surface area (Å²) in [5.74, 6) is 1.43. The van der Waals surface area contributed by atoms with Crippen molar-refractivity contribution in [2.45, 2.75) is 13.5 Å². The zero-order valence-corrected chi connectivity index (χ0v) is 15.9. The standard InChI is InChI=1S/C23H18N6/c1-16-7-8-20-18(5-4-10-24-20)19(16)15-29-12-11-26-23(29)17-13-27-22(28-14-17)21-6-2-3-9-25-21/h2-14H,15H2,1H3. The predicted octanol–water partition coefficient (Wildman–Crippen LogP) is 4.31. The minimum absolute atomic E-state index is 0.600. The van der Waals surface area contributed by atoms with E-state index in [0.717, 1.165) is 28.0 Å². The lowest BCUT2D eigenvalue weighted by atomic mass is 10.0. The highest BCUT2D eigenvalue weighted by Gasteiger charge is 2.12. The normalized spacial score (nSPS) is 11.1. The van der Waals surface area contributed by atoms with Gasteiger partial charge in [0.2, 0.25) is 0 Å². The van der Waals surface area contributed by atoms with Crippen molar-refractivity contribution in [3.8, 4) is 22.9 Å². The minimum Gasteiger partial charge on any atom is -0.326 e. The van der Waals surface area contributed by atoms with Gasteiger partial charge in [-0.25, -0.2) is 15.0 Å². The summed E-state index contributed by atoms with van der Waals surface area (Å²) in [5, 5.41) is 1.16. The van der Waals surface area contributed by atoms with E-state index < -0.39 is 0 Å². The van der Waals surface area contributed by atoms with Gasteiger partial charge in [-0.3, -0.25) is 9.97 Å². The fraction of sp³-hybridized carbons (Fsp3) is 0.0870. The van der Waals surface area contributed by atoms with Crippen LogP contribution in [0.1, 0.15) is 11.1 Å². The first-order valence-electron chi connectivity index (χ1n) is 9.38. The van der Waals surface area contributed by atoms with Gasteiger partial charge >= 0.3 is 0 Å². The topological polar surface area (TPSA) is 69.4 Å². The number of hydrogen-bond donors (Lipinski definition) is 0. The van der Waals surface area contributed by atoms with Crippen molar-refractivity contribution in [3.63, 3.8) is 0 Å². The third-order valence-corrected chi connectivity index (χ3v) is 4.98. The van der Waals surface area contributed by atoms with Gasteiger partial charge in [0, 0.05) is 49.1 Å². The molecule has 5 rings (SSSR count). The van der Waals surface area contributed by atoms with Gasteiger partial charge in [-0.2, -0.15) is 0 Å². The van der Waals surface area contributed by atoms with Gasteiger partial charge in [0.15, 0.2) is 5.82 Å². The molecular weight excluding hydrogens is 360 g/mol. The van der Waals surface area contributed by atoms with E-state index in [2.05, 4.69) is 54.6 Å². The second-order valence-electron chi connectivity index (χ2n) is 6.82. The number of fused-ring (bicyclic) bond motifs is 1. The molecule has 0 unspecified atom stereocenters. The Bertz CT molecular complexity index is 1280. The Labute approximate surface area is 168 Å². The molecule has 0 N–H and O–H groups in total. The fourth-order valence-corrected chi connectivity index (χ4v) is 3.47. The molecule has 29 heavy (non-hydrogen) atoms. The Hall–Kier alpha value is -3.93. The summed E-state index contributed by atoms with van der Waals surface area (Å²) in [6, 6.07) is 14.0. The number of imidazole rings is 1. The molecule has 5 aromatic rings. The zero-order valence-electron chi connectivity index (χ0n) is 15.9. The van der Waals surface area contributed by atoms with Crippen LogP contribution >= 0.6 is 0 Å². The van der Waals surface area contributed by atoms with Crippen LogP contribution in [0.25, 0.3) is 33.8 Å². The minimum atomic E-state index is 0.600. The van der Waals surface area contributed by atoms with Gasteiger partial charge in [0.05, 0.1) is 11.1 Å². The molecule has 0 radical (unpaired) electrons. The highest BCUT2D eigenvalue weighted by molar-refractivity contribution is 5.83. The van der Waals surface area contributed by atoms with Crippen molar-refractivity contribution in [3.05, 3.63) is 90.8 Å². The third kappa shape index (κ3) is 3.25. The first-order valence-corrected chi connectivity index (χ1v) is 9.38. The number of benzene rings is 1. The number of aromatic nitrogens is 6. The third-order valence-electron chi connectivity index (χ3n) is 4.98. The average molecular weight is 378 g/mol. The molecule has 1 aromatic carbocycles. The highest BCUT2D eigenvalue weighted by Crippen LogP contribution is 2.24. The van der Waals surface area contributed by atoms with Gasteiger partial charge in [-0.05, 0) is 42.3 Å². The number of rotatable bonds is 4. The molecule has 140 valence electrons. The molecular formula is C23H18N6. The Morgan fingerprint density at radius 3 is 2.48 bits per heavy atom. The second-order valence-corrected chi connectivity index (χ2v) is 6.82. The molecule has 4 heterocycles. The van der Waals surface area contributed by atoms with Crippen LogP contribution in [0.3, 0.4) is 0 Å². The van der Waals surface area contributed by atoms with Crippen molar-refractivity contribution >= 4 is 10.9 Å². The van der Waals surface area contributed by atoms with Crippen molar-refractivity contribution in [2.24, 2.45) is 0 Å². The van der Waals surface area contributed by atoms with Crippen molar-refractivity contribution < 1.29 is 0 Å². The zero-order chi connectivity index (χ0) is 19.6. The largest absolute Gasteiger partial charge is 0.326 e. The van der Waals surface area contributed by atoms with Crippen molar-refractivity contribution in [1.29, 1.82) is 0 Å². The van der Waals surface area contributed by atoms with E-state index in [1.807, 2.05) is 36.7 Å². The van der Waals surface area contributed by atoms with Crippen LogP contribution in [0.4, 0.5) is 0 Å². The van der Waals surface area contributed by atoms with Crippen LogP contribution in [-0.4, -0.2) is 29.5 Å². The molecule has 0 atom stereocenters. The van der Waals surface area contributed by atoms with E-state index in [4.69, 9.17) is 0 Å². The molecule has 0 fully saturated rings. The summed E-state index contributed by atoms with van der Waals surface area (Å²) >= 11 is 0. The number of aryl methyl sites for hydroxylation is 1. The summed E-state index contributed by atoms with van der Waals surface area (Å²) in [4.78, 5) is 22.3. The van der Waals surface area contributed by atoms with Crippen LogP contribution in [0.15, 0.2) is 79.6 Å². The lowest BCUT2D eigenvalue weighted by Gasteiger charge is -2.13. The maximum atomic E-state index is 4.55. The molecule has 0 amide bonds. The predicted molar refractivity (Wildman–Crippen MR) is 112 cm³/mol. The van der Waals surface area contributed by atoms with Crippen molar-refractivity contribution in [2.75, 3.05) is 0 Å². The monoisotopic (exact) mass is 378 g/mol. The van der Waals surface area contributed by atoms with Gasteiger partial charge in [0.25, 0.3) is 0 Å². The smallest absolute Gasteiger partial charge is 0.178 e. The average Bonchev–Trinajstić information content (AvgIpc) is 3.25. The summed E-state index contributed by atoms with van der Waals surface area (Å²) in [5.41, 5.74) is 5.08. The van der Waals surface area contributed by atoms with E-state index in [-0.39, 0.29) is 0 Å². The van der Waals surface area contributed by atoms with Crippen LogP contribution in [-0.2, 0) is 6.54 Å². The van der Waals surface area contributed by atoms with E-state index in [0.29, 0.717) is 12.4 Å². The number of pyridine rings is 2. The SMILES string of the molecule is Cc1ccc2ncccc2c1Cn1ccnc1-c1cnc(-c2ccccn2)nc1. The molecule has 0 aliphatic rings. The van der Waals surface area contributed by atoms with Crippen LogP contribution in [0.5, 0.6) is 0 Å². The number of hydrogen-bond acceptors (Lipinski definition) is 5. The Morgan fingerprint density at radius 2 is 1.66 bits per heavy atom. The van der Waals surface area contributed by atoms with Crippen LogP contribution in [0, 0.1) is 6.92 Å². The lowest BCUT2D eigenvalue weighted by molar-refractivity contribution is 0.806. The molecule has 4 aromatic heterocycles.